The molecule has 1 fully saturated rings. The molecule has 0 bridgehead atoms. The zero-order valence-electron chi connectivity index (χ0n) is 19.7. The van der Waals surface area contributed by atoms with Gasteiger partial charge in [0.1, 0.15) is 18.5 Å². The lowest BCUT2D eigenvalue weighted by molar-refractivity contribution is 0.0321. The second-order valence-corrected chi connectivity index (χ2v) is 8.84. The van der Waals surface area contributed by atoms with Crippen molar-refractivity contribution in [2.24, 2.45) is 0 Å². The minimum atomic E-state index is -0.511. The third-order valence-corrected chi connectivity index (χ3v) is 6.48. The number of hydrogen-bond acceptors (Lipinski definition) is 7. The van der Waals surface area contributed by atoms with Crippen molar-refractivity contribution in [3.05, 3.63) is 65.1 Å². The summed E-state index contributed by atoms with van der Waals surface area (Å²) < 4.78 is 30.8. The lowest BCUT2D eigenvalue weighted by Crippen LogP contribution is -2.38. The van der Waals surface area contributed by atoms with Gasteiger partial charge in [0.05, 0.1) is 42.1 Å². The first kappa shape index (κ1) is 24.1. The number of fused-ring (bicyclic) bond motifs is 2. The van der Waals surface area contributed by atoms with Crippen LogP contribution in [-0.2, 0) is 4.74 Å². The van der Waals surface area contributed by atoms with Crippen LogP contribution in [0.4, 0.5) is 15.8 Å². The molecule has 4 aromatic rings. The van der Waals surface area contributed by atoms with Gasteiger partial charge in [-0.15, -0.1) is 0 Å². The van der Waals surface area contributed by atoms with Crippen molar-refractivity contribution in [2.45, 2.75) is 0 Å². The Morgan fingerprint density at radius 1 is 1.14 bits per heavy atom. The molecular formula is C27H24ClFN4O3. The molecule has 184 valence electrons. The van der Waals surface area contributed by atoms with Gasteiger partial charge in [-0.2, -0.15) is 5.26 Å². The summed E-state index contributed by atoms with van der Waals surface area (Å²) in [5.74, 6) is 0.766. The van der Waals surface area contributed by atoms with Crippen molar-refractivity contribution in [1.82, 2.24) is 9.88 Å². The molecule has 1 aliphatic rings. The van der Waals surface area contributed by atoms with Gasteiger partial charge in [0.15, 0.2) is 11.5 Å². The van der Waals surface area contributed by atoms with Crippen LogP contribution in [0.5, 0.6) is 11.5 Å². The van der Waals surface area contributed by atoms with Crippen molar-refractivity contribution in [2.75, 3.05) is 51.9 Å². The minimum Gasteiger partial charge on any atom is -0.493 e. The Balaban J connectivity index is 1.51. The summed E-state index contributed by atoms with van der Waals surface area (Å²) in [5.41, 5.74) is 2.18. The molecule has 1 N–H and O–H groups in total. The predicted molar refractivity (Wildman–Crippen MR) is 138 cm³/mol. The number of nitriles is 1. The van der Waals surface area contributed by atoms with Crippen LogP contribution in [0.3, 0.4) is 0 Å². The highest BCUT2D eigenvalue weighted by Crippen LogP contribution is 2.37. The summed E-state index contributed by atoms with van der Waals surface area (Å²) in [7, 11) is 1.62. The van der Waals surface area contributed by atoms with Gasteiger partial charge >= 0.3 is 0 Å². The van der Waals surface area contributed by atoms with E-state index in [0.29, 0.717) is 40.6 Å². The maximum Gasteiger partial charge on any atom is 0.161 e. The second-order valence-electron chi connectivity index (χ2n) is 8.43. The number of methoxy groups -OCH3 is 1. The van der Waals surface area contributed by atoms with Gasteiger partial charge in [-0.3, -0.25) is 9.88 Å². The van der Waals surface area contributed by atoms with E-state index in [1.807, 2.05) is 24.3 Å². The molecule has 5 rings (SSSR count). The van der Waals surface area contributed by atoms with Crippen molar-refractivity contribution in [3.63, 3.8) is 0 Å². The van der Waals surface area contributed by atoms with Gasteiger partial charge in [-0.25, -0.2) is 4.39 Å². The van der Waals surface area contributed by atoms with Crippen molar-refractivity contribution in [3.8, 4) is 17.6 Å². The topological polar surface area (TPSA) is 79.6 Å². The number of rotatable bonds is 7. The lowest BCUT2D eigenvalue weighted by Gasteiger charge is -2.26. The fraction of sp³-hybridized carbons (Fsp3) is 0.259. The molecule has 0 unspecified atom stereocenters. The smallest absolute Gasteiger partial charge is 0.161 e. The Kier molecular flexibility index (Phi) is 7.05. The SMILES string of the molecule is COc1cc2cc3ncc(C#N)c(Nc4ccc(F)c(Cl)c4)c3cc2cc1OCCN1CCOCC1. The number of nitrogens with zero attached hydrogens (tertiary/aromatic N) is 3. The summed E-state index contributed by atoms with van der Waals surface area (Å²) in [6.45, 7) is 4.60. The molecule has 36 heavy (non-hydrogen) atoms. The fourth-order valence-electron chi connectivity index (χ4n) is 4.27. The number of hydrogen-bond donors (Lipinski definition) is 1. The van der Waals surface area contributed by atoms with E-state index in [0.717, 1.165) is 49.0 Å². The predicted octanol–water partition coefficient (Wildman–Crippen LogP) is 5.52. The molecule has 3 aromatic carbocycles. The monoisotopic (exact) mass is 506 g/mol. The Morgan fingerprint density at radius 3 is 2.67 bits per heavy atom. The number of morpholine rings is 1. The summed E-state index contributed by atoms with van der Waals surface area (Å²) in [6.07, 6.45) is 1.52. The number of nitrogens with one attached hydrogen (secondary N) is 1. The van der Waals surface area contributed by atoms with Crippen LogP contribution in [0.15, 0.2) is 48.7 Å². The van der Waals surface area contributed by atoms with Crippen LogP contribution >= 0.6 is 11.6 Å². The zero-order valence-corrected chi connectivity index (χ0v) is 20.4. The minimum absolute atomic E-state index is 0.00622. The molecule has 2 heterocycles. The van der Waals surface area contributed by atoms with Crippen LogP contribution in [0.2, 0.25) is 5.02 Å². The summed E-state index contributed by atoms with van der Waals surface area (Å²) >= 11 is 5.96. The molecule has 0 spiro atoms. The third-order valence-electron chi connectivity index (χ3n) is 6.19. The van der Waals surface area contributed by atoms with Crippen molar-refractivity contribution >= 4 is 44.7 Å². The number of anilines is 2. The molecule has 1 aromatic heterocycles. The lowest BCUT2D eigenvalue weighted by atomic mass is 10.0. The molecule has 0 aliphatic carbocycles. The van der Waals surface area contributed by atoms with Gasteiger partial charge in [-0.1, -0.05) is 11.6 Å². The average molecular weight is 507 g/mol. The molecule has 1 saturated heterocycles. The Labute approximate surface area is 212 Å². The van der Waals surface area contributed by atoms with Crippen LogP contribution in [0, 0.1) is 17.1 Å². The number of aromatic nitrogens is 1. The summed E-state index contributed by atoms with van der Waals surface area (Å²) in [5, 5.41) is 15.5. The number of ether oxygens (including phenoxy) is 3. The standard InChI is InChI=1S/C27H24ClFN4O3/c1-34-25-12-18-11-24-21(10-17(18)13-26(25)36-9-6-33-4-7-35-8-5-33)27(19(15-30)16-31-24)32-20-2-3-23(29)22(28)14-20/h2-3,10-14,16H,4-9H2,1H3,(H,31,32). The highest BCUT2D eigenvalue weighted by atomic mass is 35.5. The first-order valence-corrected chi connectivity index (χ1v) is 11.9. The van der Waals surface area contributed by atoms with Crippen LogP contribution < -0.4 is 14.8 Å². The zero-order chi connectivity index (χ0) is 25.1. The second kappa shape index (κ2) is 10.5. The summed E-state index contributed by atoms with van der Waals surface area (Å²) in [4.78, 5) is 6.78. The highest BCUT2D eigenvalue weighted by Gasteiger charge is 2.15. The number of pyridine rings is 1. The Bertz CT molecular complexity index is 1470. The molecule has 1 aliphatic heterocycles. The van der Waals surface area contributed by atoms with E-state index in [1.165, 1.54) is 18.3 Å². The maximum absolute atomic E-state index is 13.7. The fourth-order valence-corrected chi connectivity index (χ4v) is 4.45. The molecule has 9 heteroatoms. The van der Waals surface area contributed by atoms with Crippen molar-refractivity contribution in [1.29, 1.82) is 5.26 Å². The van der Waals surface area contributed by atoms with Gasteiger partial charge in [-0.05, 0) is 53.2 Å². The molecule has 7 nitrogen and oxygen atoms in total. The van der Waals surface area contributed by atoms with E-state index in [9.17, 15) is 9.65 Å². The third kappa shape index (κ3) is 5.00. The average Bonchev–Trinajstić information content (AvgIpc) is 2.90. The molecule has 0 atom stereocenters. The van der Waals surface area contributed by atoms with Crippen LogP contribution in [-0.4, -0.2) is 56.4 Å². The Morgan fingerprint density at radius 2 is 1.92 bits per heavy atom. The molecular weight excluding hydrogens is 483 g/mol. The van der Waals surface area contributed by atoms with E-state index in [4.69, 9.17) is 25.8 Å². The van der Waals surface area contributed by atoms with E-state index < -0.39 is 5.82 Å². The van der Waals surface area contributed by atoms with Gasteiger partial charge < -0.3 is 19.5 Å². The maximum atomic E-state index is 13.7. The Hall–Kier alpha value is -3.64. The van der Waals surface area contributed by atoms with E-state index in [1.54, 1.807) is 13.2 Å². The van der Waals surface area contributed by atoms with Gasteiger partial charge in [0.2, 0.25) is 0 Å². The van der Waals surface area contributed by atoms with Crippen molar-refractivity contribution < 1.29 is 18.6 Å². The summed E-state index contributed by atoms with van der Waals surface area (Å²) in [6, 6.07) is 14.3. The van der Waals surface area contributed by atoms with Gasteiger partial charge in [0.25, 0.3) is 0 Å². The van der Waals surface area contributed by atoms with Crippen LogP contribution in [0.1, 0.15) is 5.56 Å². The van der Waals surface area contributed by atoms with E-state index in [2.05, 4.69) is 21.3 Å². The van der Waals surface area contributed by atoms with E-state index in [-0.39, 0.29) is 5.02 Å². The number of halogens is 2. The quantitative estimate of drug-likeness (QED) is 0.331. The van der Waals surface area contributed by atoms with Crippen LogP contribution in [0.25, 0.3) is 21.7 Å². The van der Waals surface area contributed by atoms with E-state index >= 15 is 0 Å². The largest absolute Gasteiger partial charge is 0.493 e. The first-order chi connectivity index (χ1) is 17.6. The van der Waals surface area contributed by atoms with Gasteiger partial charge in [0, 0.05) is 36.9 Å². The molecule has 0 radical (unpaired) electrons. The first-order valence-electron chi connectivity index (χ1n) is 11.6. The number of benzene rings is 3. The molecule has 0 amide bonds. The normalized spacial score (nSPS) is 14.1. The highest BCUT2D eigenvalue weighted by molar-refractivity contribution is 6.31. The molecule has 0 saturated carbocycles.